The van der Waals surface area contributed by atoms with Crippen LogP contribution in [0.15, 0.2) is 18.2 Å². The Morgan fingerprint density at radius 1 is 1.33 bits per heavy atom. The Bertz CT molecular complexity index is 461. The summed E-state index contributed by atoms with van der Waals surface area (Å²) >= 11 is 0. The number of carbonyl (C=O) groups excluding carboxylic acids is 2. The molecule has 2 N–H and O–H groups in total. The molecule has 0 spiro atoms. The van der Waals surface area contributed by atoms with E-state index in [1.165, 1.54) is 26.4 Å². The van der Waals surface area contributed by atoms with E-state index in [-0.39, 0.29) is 12.0 Å². The van der Waals surface area contributed by atoms with E-state index < -0.39 is 23.8 Å². The second-order valence-corrected chi connectivity index (χ2v) is 3.64. The number of halogens is 1. The highest BCUT2D eigenvalue weighted by molar-refractivity contribution is 5.89. The molecule has 18 heavy (non-hydrogen) atoms. The zero-order valence-electron chi connectivity index (χ0n) is 10.1. The molecule has 0 heterocycles. The van der Waals surface area contributed by atoms with Crippen LogP contribution in [0, 0.1) is 5.82 Å². The maximum atomic E-state index is 13.6. The van der Waals surface area contributed by atoms with Crippen molar-refractivity contribution in [3.8, 4) is 0 Å². The molecule has 0 aliphatic heterocycles. The van der Waals surface area contributed by atoms with E-state index in [1.807, 2.05) is 0 Å². The van der Waals surface area contributed by atoms with Gasteiger partial charge in [-0.2, -0.15) is 0 Å². The lowest BCUT2D eigenvalue weighted by atomic mass is 10.0. The Labute approximate surface area is 104 Å². The minimum absolute atomic E-state index is 0.130. The number of methoxy groups -OCH3 is 2. The molecule has 0 bridgehead atoms. The molecule has 5 nitrogen and oxygen atoms in total. The third-order valence-corrected chi connectivity index (χ3v) is 2.40. The smallest absolute Gasteiger partial charge is 0.340 e. The third-order valence-electron chi connectivity index (χ3n) is 2.40. The summed E-state index contributed by atoms with van der Waals surface area (Å²) in [5.41, 5.74) is 5.88. The lowest BCUT2D eigenvalue weighted by Crippen LogP contribution is -2.33. The zero-order valence-corrected chi connectivity index (χ0v) is 10.1. The molecule has 0 saturated heterocycles. The fraction of sp³-hybridized carbons (Fsp3) is 0.333. The van der Waals surface area contributed by atoms with Crippen molar-refractivity contribution in [3.05, 3.63) is 35.1 Å². The van der Waals surface area contributed by atoms with Crippen molar-refractivity contribution >= 4 is 11.9 Å². The van der Waals surface area contributed by atoms with Crippen molar-refractivity contribution in [3.63, 3.8) is 0 Å². The average molecular weight is 255 g/mol. The standard InChI is InChI=1S/C12H14FNO4/c1-17-11(15)8-4-3-7(5-9(8)13)6-10(14)12(16)18-2/h3-5,10H,6,14H2,1-2H3. The van der Waals surface area contributed by atoms with Gasteiger partial charge < -0.3 is 15.2 Å². The summed E-state index contributed by atoms with van der Waals surface area (Å²) < 4.78 is 22.4. The summed E-state index contributed by atoms with van der Waals surface area (Å²) in [6.45, 7) is 0. The number of rotatable bonds is 4. The van der Waals surface area contributed by atoms with Gasteiger partial charge in [-0.15, -0.1) is 0 Å². The van der Waals surface area contributed by atoms with Crippen LogP contribution in [0.25, 0.3) is 0 Å². The molecule has 1 aromatic carbocycles. The SMILES string of the molecule is COC(=O)c1ccc(CC(N)C(=O)OC)cc1F. The summed E-state index contributed by atoms with van der Waals surface area (Å²) in [7, 11) is 2.39. The van der Waals surface area contributed by atoms with Crippen molar-refractivity contribution in [1.29, 1.82) is 0 Å². The van der Waals surface area contributed by atoms with Gasteiger partial charge in [-0.3, -0.25) is 4.79 Å². The Morgan fingerprint density at radius 3 is 2.50 bits per heavy atom. The van der Waals surface area contributed by atoms with Crippen molar-refractivity contribution in [2.75, 3.05) is 14.2 Å². The zero-order chi connectivity index (χ0) is 13.7. The highest BCUT2D eigenvalue weighted by Crippen LogP contribution is 2.13. The molecular weight excluding hydrogens is 241 g/mol. The van der Waals surface area contributed by atoms with Crippen LogP contribution in [0.5, 0.6) is 0 Å². The first kappa shape index (κ1) is 14.1. The number of ether oxygens (including phenoxy) is 2. The predicted molar refractivity (Wildman–Crippen MR) is 61.4 cm³/mol. The number of hydrogen-bond donors (Lipinski definition) is 1. The number of nitrogens with two attached hydrogens (primary N) is 1. The van der Waals surface area contributed by atoms with Gasteiger partial charge in [0.05, 0.1) is 19.8 Å². The Balaban J connectivity index is 2.85. The maximum absolute atomic E-state index is 13.6. The van der Waals surface area contributed by atoms with E-state index in [0.717, 1.165) is 6.07 Å². The molecule has 1 rings (SSSR count). The van der Waals surface area contributed by atoms with E-state index in [4.69, 9.17) is 5.73 Å². The molecule has 0 radical (unpaired) electrons. The first-order valence-electron chi connectivity index (χ1n) is 5.19. The van der Waals surface area contributed by atoms with Crippen LogP contribution in [-0.2, 0) is 20.7 Å². The lowest BCUT2D eigenvalue weighted by molar-refractivity contribution is -0.142. The summed E-state index contributed by atoms with van der Waals surface area (Å²) in [5.74, 6) is -2.04. The highest BCUT2D eigenvalue weighted by atomic mass is 19.1. The fourth-order valence-corrected chi connectivity index (χ4v) is 1.45. The number of benzene rings is 1. The van der Waals surface area contributed by atoms with Gasteiger partial charge in [-0.1, -0.05) is 6.07 Å². The fourth-order valence-electron chi connectivity index (χ4n) is 1.45. The highest BCUT2D eigenvalue weighted by Gasteiger charge is 2.17. The molecule has 0 fully saturated rings. The van der Waals surface area contributed by atoms with Crippen LogP contribution >= 0.6 is 0 Å². The lowest BCUT2D eigenvalue weighted by Gasteiger charge is -2.10. The van der Waals surface area contributed by atoms with Crippen LogP contribution in [-0.4, -0.2) is 32.2 Å². The molecule has 0 saturated carbocycles. The maximum Gasteiger partial charge on any atom is 0.340 e. The van der Waals surface area contributed by atoms with Gasteiger partial charge >= 0.3 is 11.9 Å². The van der Waals surface area contributed by atoms with Gasteiger partial charge in [-0.25, -0.2) is 9.18 Å². The minimum atomic E-state index is -0.863. The largest absolute Gasteiger partial charge is 0.468 e. The topological polar surface area (TPSA) is 78.6 Å². The van der Waals surface area contributed by atoms with Crippen molar-refractivity contribution < 1.29 is 23.5 Å². The summed E-state index contributed by atoms with van der Waals surface area (Å²) in [5, 5.41) is 0. The van der Waals surface area contributed by atoms with Gasteiger partial charge in [0.25, 0.3) is 0 Å². The number of hydrogen-bond acceptors (Lipinski definition) is 5. The van der Waals surface area contributed by atoms with E-state index in [2.05, 4.69) is 9.47 Å². The van der Waals surface area contributed by atoms with E-state index >= 15 is 0 Å². The van der Waals surface area contributed by atoms with Crippen LogP contribution in [0.3, 0.4) is 0 Å². The molecule has 0 amide bonds. The normalized spacial score (nSPS) is 11.8. The summed E-state index contributed by atoms with van der Waals surface area (Å²) in [4.78, 5) is 22.3. The van der Waals surface area contributed by atoms with E-state index in [0.29, 0.717) is 5.56 Å². The molecule has 0 aromatic heterocycles. The minimum Gasteiger partial charge on any atom is -0.468 e. The van der Waals surface area contributed by atoms with Gasteiger partial charge in [0.15, 0.2) is 0 Å². The molecule has 98 valence electrons. The van der Waals surface area contributed by atoms with Crippen LogP contribution in [0.4, 0.5) is 4.39 Å². The monoisotopic (exact) mass is 255 g/mol. The summed E-state index contributed by atoms with van der Waals surface area (Å²) in [6.07, 6.45) is 0.130. The number of esters is 2. The quantitative estimate of drug-likeness (QED) is 0.799. The van der Waals surface area contributed by atoms with Gasteiger partial charge in [0.2, 0.25) is 0 Å². The van der Waals surface area contributed by atoms with E-state index in [1.54, 1.807) is 0 Å². The second kappa shape index (κ2) is 6.11. The Kier molecular flexibility index (Phi) is 4.79. The third kappa shape index (κ3) is 3.27. The van der Waals surface area contributed by atoms with Crippen molar-refractivity contribution in [1.82, 2.24) is 0 Å². The predicted octanol–water partition coefficient (Wildman–Crippen LogP) is 0.655. The first-order chi connectivity index (χ1) is 8.49. The molecule has 0 aliphatic carbocycles. The van der Waals surface area contributed by atoms with Crippen LogP contribution < -0.4 is 5.73 Å². The average Bonchev–Trinajstić information content (AvgIpc) is 2.37. The molecule has 0 aliphatic rings. The van der Waals surface area contributed by atoms with Crippen molar-refractivity contribution in [2.24, 2.45) is 5.73 Å². The van der Waals surface area contributed by atoms with Crippen molar-refractivity contribution in [2.45, 2.75) is 12.5 Å². The molecule has 1 unspecified atom stereocenters. The van der Waals surface area contributed by atoms with Crippen LogP contribution in [0.2, 0.25) is 0 Å². The molecule has 1 aromatic rings. The number of carbonyl (C=O) groups is 2. The first-order valence-corrected chi connectivity index (χ1v) is 5.19. The van der Waals surface area contributed by atoms with E-state index in [9.17, 15) is 14.0 Å². The van der Waals surface area contributed by atoms with Gasteiger partial charge in [0.1, 0.15) is 11.9 Å². The second-order valence-electron chi connectivity index (χ2n) is 3.64. The molecule has 6 heteroatoms. The Hall–Kier alpha value is -1.95. The Morgan fingerprint density at radius 2 is 2.00 bits per heavy atom. The molecular formula is C12H14FNO4. The van der Waals surface area contributed by atoms with Gasteiger partial charge in [0, 0.05) is 0 Å². The summed E-state index contributed by atoms with van der Waals surface area (Å²) in [6, 6.07) is 3.09. The molecule has 1 atom stereocenters. The van der Waals surface area contributed by atoms with Gasteiger partial charge in [-0.05, 0) is 24.1 Å². The van der Waals surface area contributed by atoms with Crippen LogP contribution in [0.1, 0.15) is 15.9 Å².